The number of aliphatic carboxylic acids is 1. The number of ether oxygens (including phenoxy) is 1. The molecule has 0 bridgehead atoms. The van der Waals surface area contributed by atoms with Crippen molar-refractivity contribution in [1.82, 2.24) is 19.8 Å². The number of benzene rings is 1. The molecule has 0 aliphatic carbocycles. The van der Waals surface area contributed by atoms with Gasteiger partial charge in [-0.1, -0.05) is 30.3 Å². The maximum absolute atomic E-state index is 12.7. The molecule has 1 aromatic carbocycles. The molecular formula is C25H32ClN5O4. The van der Waals surface area contributed by atoms with E-state index in [2.05, 4.69) is 27.0 Å². The molecule has 9 nitrogen and oxygen atoms in total. The Morgan fingerprint density at radius 2 is 1.86 bits per heavy atom. The number of fused-ring (bicyclic) bond motifs is 1. The number of anilines is 1. The molecule has 2 aliphatic heterocycles. The zero-order valence-electron chi connectivity index (χ0n) is 20.6. The fourth-order valence-electron chi connectivity index (χ4n) is 4.64. The molecule has 35 heavy (non-hydrogen) atoms. The van der Waals surface area contributed by atoms with Crippen molar-refractivity contribution in [3.8, 4) is 0 Å². The van der Waals surface area contributed by atoms with E-state index in [0.29, 0.717) is 25.3 Å². The van der Waals surface area contributed by atoms with E-state index in [9.17, 15) is 14.7 Å². The molecule has 1 aromatic heterocycles. The second-order valence-corrected chi connectivity index (χ2v) is 10.7. The number of piperazine rings is 1. The van der Waals surface area contributed by atoms with Crippen LogP contribution in [0.4, 0.5) is 10.6 Å². The zero-order valence-corrected chi connectivity index (χ0v) is 21.4. The van der Waals surface area contributed by atoms with Crippen LogP contribution in [0.5, 0.6) is 0 Å². The second-order valence-electron chi connectivity index (χ2n) is 10.3. The summed E-state index contributed by atoms with van der Waals surface area (Å²) >= 11 is 6.33. The minimum Gasteiger partial charge on any atom is -0.479 e. The average molecular weight is 502 g/mol. The lowest BCUT2D eigenvalue weighted by atomic mass is 9.94. The van der Waals surface area contributed by atoms with Crippen molar-refractivity contribution in [2.24, 2.45) is 0 Å². The molecule has 0 spiro atoms. The Bertz CT molecular complexity index is 1110. The monoisotopic (exact) mass is 501 g/mol. The Kier molecular flexibility index (Phi) is 6.92. The van der Waals surface area contributed by atoms with Gasteiger partial charge in [0.05, 0.1) is 12.2 Å². The van der Waals surface area contributed by atoms with Gasteiger partial charge >= 0.3 is 12.1 Å². The van der Waals surface area contributed by atoms with E-state index in [0.717, 1.165) is 24.3 Å². The Hall–Kier alpha value is -2.91. The average Bonchev–Trinajstić information content (AvgIpc) is 2.77. The van der Waals surface area contributed by atoms with Gasteiger partial charge in [0, 0.05) is 38.3 Å². The number of carboxylic acids is 1. The SMILES string of the molecule is CC(C)(C)OC(=O)N1CCN(c2nc(Cl)nc3c2CCN(Cc2ccccc2)C3)C(C)(C(=O)O)C1. The quantitative estimate of drug-likeness (QED) is 0.634. The van der Waals surface area contributed by atoms with E-state index >= 15 is 0 Å². The van der Waals surface area contributed by atoms with Crippen LogP contribution >= 0.6 is 11.6 Å². The number of aromatic nitrogens is 2. The summed E-state index contributed by atoms with van der Waals surface area (Å²) in [4.78, 5) is 39.7. The summed E-state index contributed by atoms with van der Waals surface area (Å²) in [7, 11) is 0. The molecule has 10 heteroatoms. The highest BCUT2D eigenvalue weighted by Gasteiger charge is 2.48. The maximum Gasteiger partial charge on any atom is 0.410 e. The Labute approximate surface area is 210 Å². The lowest BCUT2D eigenvalue weighted by Gasteiger charge is -2.47. The van der Waals surface area contributed by atoms with Crippen molar-refractivity contribution in [2.75, 3.05) is 31.1 Å². The van der Waals surface area contributed by atoms with Crippen molar-refractivity contribution >= 4 is 29.5 Å². The predicted octanol–water partition coefficient (Wildman–Crippen LogP) is 3.59. The number of rotatable bonds is 4. The van der Waals surface area contributed by atoms with E-state index < -0.39 is 23.2 Å². The van der Waals surface area contributed by atoms with Crippen molar-refractivity contribution in [3.63, 3.8) is 0 Å². The van der Waals surface area contributed by atoms with Crippen LogP contribution < -0.4 is 4.90 Å². The highest BCUT2D eigenvalue weighted by Crippen LogP contribution is 2.34. The van der Waals surface area contributed by atoms with Gasteiger partial charge in [-0.05, 0) is 51.3 Å². The molecular weight excluding hydrogens is 470 g/mol. The molecule has 2 aromatic rings. The fourth-order valence-corrected chi connectivity index (χ4v) is 4.83. The normalized spacial score (nSPS) is 20.9. The van der Waals surface area contributed by atoms with E-state index in [4.69, 9.17) is 16.3 Å². The summed E-state index contributed by atoms with van der Waals surface area (Å²) in [5.41, 5.74) is 0.870. The maximum atomic E-state index is 12.7. The molecule has 188 valence electrons. The van der Waals surface area contributed by atoms with Crippen LogP contribution in [0.15, 0.2) is 30.3 Å². The van der Waals surface area contributed by atoms with Crippen LogP contribution in [-0.4, -0.2) is 74.3 Å². The standard InChI is InChI=1S/C25H32ClN5O4/c1-24(2,3)35-23(34)30-12-13-31(25(4,16-30)21(32)33)20-18-10-11-29(14-17-8-6-5-7-9-17)15-19(18)27-22(26)28-20/h5-9H,10-16H2,1-4H3,(H,32,33). The van der Waals surface area contributed by atoms with E-state index in [1.54, 1.807) is 32.6 Å². The lowest BCUT2D eigenvalue weighted by Crippen LogP contribution is -2.66. The number of nitrogens with zero attached hydrogens (tertiary/aromatic N) is 5. The summed E-state index contributed by atoms with van der Waals surface area (Å²) in [6.45, 7) is 9.72. The number of amides is 1. The molecule has 1 saturated heterocycles. The van der Waals surface area contributed by atoms with Gasteiger partial charge in [0.15, 0.2) is 5.54 Å². The summed E-state index contributed by atoms with van der Waals surface area (Å²) in [5, 5.41) is 10.3. The summed E-state index contributed by atoms with van der Waals surface area (Å²) < 4.78 is 5.48. The van der Waals surface area contributed by atoms with Gasteiger partial charge in [0.2, 0.25) is 5.28 Å². The first-order chi connectivity index (χ1) is 16.5. The number of carboxylic acid groups (broad SMARTS) is 1. The second kappa shape index (κ2) is 9.62. The van der Waals surface area contributed by atoms with Crippen LogP contribution in [0.3, 0.4) is 0 Å². The molecule has 1 unspecified atom stereocenters. The number of hydrogen-bond acceptors (Lipinski definition) is 7. The first-order valence-corrected chi connectivity index (χ1v) is 12.1. The lowest BCUT2D eigenvalue weighted by molar-refractivity contribution is -0.144. The van der Waals surface area contributed by atoms with Crippen LogP contribution in [-0.2, 0) is 29.0 Å². The van der Waals surface area contributed by atoms with Crippen molar-refractivity contribution < 1.29 is 19.4 Å². The van der Waals surface area contributed by atoms with Crippen molar-refractivity contribution in [1.29, 1.82) is 0 Å². The Morgan fingerprint density at radius 3 is 2.51 bits per heavy atom. The summed E-state index contributed by atoms with van der Waals surface area (Å²) in [6, 6.07) is 10.2. The number of carbonyl (C=O) groups is 2. The third-order valence-corrected chi connectivity index (χ3v) is 6.57. The molecule has 1 atom stereocenters. The first-order valence-electron chi connectivity index (χ1n) is 11.8. The van der Waals surface area contributed by atoms with Gasteiger partial charge in [-0.2, -0.15) is 0 Å². The zero-order chi connectivity index (χ0) is 25.4. The Morgan fingerprint density at radius 1 is 1.14 bits per heavy atom. The van der Waals surface area contributed by atoms with Crippen molar-refractivity contribution in [3.05, 3.63) is 52.4 Å². The van der Waals surface area contributed by atoms with Crippen LogP contribution in [0, 0.1) is 0 Å². The largest absolute Gasteiger partial charge is 0.479 e. The first kappa shape index (κ1) is 25.2. The van der Waals surface area contributed by atoms with Crippen LogP contribution in [0.25, 0.3) is 0 Å². The van der Waals surface area contributed by atoms with Crippen LogP contribution in [0.2, 0.25) is 5.28 Å². The highest BCUT2D eigenvalue weighted by atomic mass is 35.5. The third-order valence-electron chi connectivity index (χ3n) is 6.40. The number of carbonyl (C=O) groups excluding carboxylic acids is 1. The van der Waals surface area contributed by atoms with Gasteiger partial charge < -0.3 is 19.6 Å². The van der Waals surface area contributed by atoms with E-state index in [1.165, 1.54) is 10.5 Å². The predicted molar refractivity (Wildman–Crippen MR) is 132 cm³/mol. The van der Waals surface area contributed by atoms with Crippen LogP contribution in [0.1, 0.15) is 44.5 Å². The molecule has 3 heterocycles. The molecule has 1 amide bonds. The summed E-state index contributed by atoms with van der Waals surface area (Å²) in [6.07, 6.45) is 0.153. The molecule has 4 rings (SSSR count). The molecule has 1 N–H and O–H groups in total. The molecule has 0 radical (unpaired) electrons. The topological polar surface area (TPSA) is 99.1 Å². The van der Waals surface area contributed by atoms with Gasteiger partial charge in [-0.25, -0.2) is 19.6 Å². The summed E-state index contributed by atoms with van der Waals surface area (Å²) in [5.74, 6) is -0.510. The smallest absolute Gasteiger partial charge is 0.410 e. The Balaban J connectivity index is 1.60. The van der Waals surface area contributed by atoms with Crippen molar-refractivity contribution in [2.45, 2.75) is 58.3 Å². The van der Waals surface area contributed by atoms with Gasteiger partial charge in [0.25, 0.3) is 0 Å². The van der Waals surface area contributed by atoms with E-state index in [1.807, 2.05) is 18.2 Å². The van der Waals surface area contributed by atoms with Gasteiger partial charge in [-0.15, -0.1) is 0 Å². The molecule has 2 aliphatic rings. The fraction of sp³-hybridized carbons (Fsp3) is 0.520. The molecule has 1 fully saturated rings. The van der Waals surface area contributed by atoms with Gasteiger partial charge in [0.1, 0.15) is 11.4 Å². The minimum atomic E-state index is -1.40. The highest BCUT2D eigenvalue weighted by molar-refractivity contribution is 6.28. The van der Waals surface area contributed by atoms with Gasteiger partial charge in [-0.3, -0.25) is 4.90 Å². The number of halogens is 1. The number of hydrogen-bond donors (Lipinski definition) is 1. The third kappa shape index (κ3) is 5.51. The molecule has 0 saturated carbocycles. The minimum absolute atomic E-state index is 0.0340. The van der Waals surface area contributed by atoms with E-state index in [-0.39, 0.29) is 18.4 Å².